The maximum Gasteiger partial charge on any atom is 0.203 e. The molecule has 2 aromatic heterocycles. The maximum absolute atomic E-state index is 6.01. The lowest BCUT2D eigenvalue weighted by molar-refractivity contribution is 0.324. The van der Waals surface area contributed by atoms with E-state index in [-0.39, 0.29) is 0 Å². The van der Waals surface area contributed by atoms with Gasteiger partial charge in [0.15, 0.2) is 28.5 Å². The summed E-state index contributed by atoms with van der Waals surface area (Å²) in [5.74, 6) is 2.96. The van der Waals surface area contributed by atoms with Crippen LogP contribution in [0.2, 0.25) is 0 Å². The average molecular weight is 383 g/mol. The third-order valence-corrected chi connectivity index (χ3v) is 4.42. The van der Waals surface area contributed by atoms with Gasteiger partial charge < -0.3 is 24.5 Å². The van der Waals surface area contributed by atoms with Gasteiger partial charge in [-0.2, -0.15) is 0 Å². The van der Waals surface area contributed by atoms with Crippen molar-refractivity contribution >= 4 is 17.0 Å². The number of rotatable bonds is 8. The number of fused-ring (bicyclic) bond motifs is 1. The Morgan fingerprint density at radius 2 is 1.75 bits per heavy atom. The second-order valence-electron chi connectivity index (χ2n) is 6.16. The lowest BCUT2D eigenvalue weighted by Gasteiger charge is -2.14. The summed E-state index contributed by atoms with van der Waals surface area (Å²) >= 11 is 0. The van der Waals surface area contributed by atoms with Crippen molar-refractivity contribution in [2.24, 2.45) is 0 Å². The SMILES string of the molecule is CC/C=C/Cn1c(Cc2cc(OC)c(OC)c(OC)c2)nc2c(N)ncnc21. The standard InChI is InChI=1S/C20H25N5O3/c1-5-6-7-8-25-16(24-17-19(21)22-12-23-20(17)25)11-13-9-14(26-2)18(28-4)15(10-13)27-3/h6-7,9-10,12H,5,8,11H2,1-4H3,(H2,21,22,23)/b7-6+. The molecule has 0 radical (unpaired) electrons. The van der Waals surface area contributed by atoms with Crippen LogP contribution in [0.4, 0.5) is 5.82 Å². The van der Waals surface area contributed by atoms with E-state index in [9.17, 15) is 0 Å². The van der Waals surface area contributed by atoms with E-state index in [1.165, 1.54) is 6.33 Å². The molecule has 0 fully saturated rings. The number of hydrogen-bond donors (Lipinski definition) is 1. The van der Waals surface area contributed by atoms with E-state index >= 15 is 0 Å². The van der Waals surface area contributed by atoms with Crippen LogP contribution in [0.25, 0.3) is 11.2 Å². The van der Waals surface area contributed by atoms with E-state index < -0.39 is 0 Å². The minimum atomic E-state index is 0.370. The predicted molar refractivity (Wildman–Crippen MR) is 108 cm³/mol. The average Bonchev–Trinajstić information content (AvgIpc) is 3.06. The molecular formula is C20H25N5O3. The molecular weight excluding hydrogens is 358 g/mol. The zero-order valence-electron chi connectivity index (χ0n) is 16.6. The molecule has 0 aliphatic heterocycles. The number of aromatic nitrogens is 4. The van der Waals surface area contributed by atoms with Gasteiger partial charge in [0.05, 0.1) is 21.3 Å². The fourth-order valence-corrected chi connectivity index (χ4v) is 3.09. The molecule has 28 heavy (non-hydrogen) atoms. The number of anilines is 1. The number of allylic oxidation sites excluding steroid dienone is 2. The molecule has 0 saturated carbocycles. The van der Waals surface area contributed by atoms with E-state index in [1.54, 1.807) is 21.3 Å². The van der Waals surface area contributed by atoms with E-state index in [4.69, 9.17) is 24.9 Å². The third kappa shape index (κ3) is 3.71. The Labute approximate surface area is 164 Å². The number of nitrogens with zero attached hydrogens (tertiary/aromatic N) is 4. The molecule has 0 aliphatic rings. The summed E-state index contributed by atoms with van der Waals surface area (Å²) < 4.78 is 18.4. The minimum Gasteiger partial charge on any atom is -0.493 e. The summed E-state index contributed by atoms with van der Waals surface area (Å²) in [5.41, 5.74) is 8.31. The Hall–Kier alpha value is -3.29. The second-order valence-corrected chi connectivity index (χ2v) is 6.16. The van der Waals surface area contributed by atoms with Crippen LogP contribution in [0.3, 0.4) is 0 Å². The molecule has 2 heterocycles. The Morgan fingerprint density at radius 1 is 1.04 bits per heavy atom. The van der Waals surface area contributed by atoms with Gasteiger partial charge in [-0.05, 0) is 24.1 Å². The van der Waals surface area contributed by atoms with Gasteiger partial charge in [0.1, 0.15) is 12.2 Å². The summed E-state index contributed by atoms with van der Waals surface area (Å²) in [6.07, 6.45) is 7.18. The van der Waals surface area contributed by atoms with Crippen LogP contribution in [0.1, 0.15) is 24.7 Å². The van der Waals surface area contributed by atoms with Crippen molar-refractivity contribution in [3.63, 3.8) is 0 Å². The fraction of sp³-hybridized carbons (Fsp3) is 0.350. The highest BCUT2D eigenvalue weighted by Gasteiger charge is 2.18. The summed E-state index contributed by atoms with van der Waals surface area (Å²) in [4.78, 5) is 13.1. The van der Waals surface area contributed by atoms with Crippen molar-refractivity contribution in [1.29, 1.82) is 0 Å². The van der Waals surface area contributed by atoms with E-state index in [2.05, 4.69) is 29.0 Å². The lowest BCUT2D eigenvalue weighted by atomic mass is 10.1. The van der Waals surface area contributed by atoms with Gasteiger partial charge >= 0.3 is 0 Å². The molecule has 3 aromatic rings. The zero-order chi connectivity index (χ0) is 20.1. The van der Waals surface area contributed by atoms with Crippen molar-refractivity contribution in [2.45, 2.75) is 26.3 Å². The van der Waals surface area contributed by atoms with Crippen molar-refractivity contribution < 1.29 is 14.2 Å². The first-order valence-electron chi connectivity index (χ1n) is 9.02. The van der Waals surface area contributed by atoms with Crippen LogP contribution in [-0.2, 0) is 13.0 Å². The van der Waals surface area contributed by atoms with Gasteiger partial charge in [0.2, 0.25) is 5.75 Å². The molecule has 0 aliphatic carbocycles. The van der Waals surface area contributed by atoms with Crippen LogP contribution < -0.4 is 19.9 Å². The first-order valence-corrected chi connectivity index (χ1v) is 9.02. The number of nitrogen functional groups attached to an aromatic ring is 1. The summed E-state index contributed by atoms with van der Waals surface area (Å²) in [6.45, 7) is 2.75. The number of methoxy groups -OCH3 is 3. The summed E-state index contributed by atoms with van der Waals surface area (Å²) in [5, 5.41) is 0. The summed E-state index contributed by atoms with van der Waals surface area (Å²) in [7, 11) is 4.78. The number of ether oxygens (including phenoxy) is 3. The highest BCUT2D eigenvalue weighted by atomic mass is 16.5. The van der Waals surface area contributed by atoms with E-state index in [0.717, 1.165) is 23.5 Å². The highest BCUT2D eigenvalue weighted by molar-refractivity contribution is 5.82. The number of hydrogen-bond acceptors (Lipinski definition) is 7. The Balaban J connectivity index is 2.07. The molecule has 0 amide bonds. The van der Waals surface area contributed by atoms with Gasteiger partial charge in [-0.3, -0.25) is 0 Å². The van der Waals surface area contributed by atoms with Gasteiger partial charge in [0.25, 0.3) is 0 Å². The van der Waals surface area contributed by atoms with Crippen molar-refractivity contribution in [1.82, 2.24) is 19.5 Å². The molecule has 1 aromatic carbocycles. The van der Waals surface area contributed by atoms with Gasteiger partial charge in [-0.25, -0.2) is 15.0 Å². The minimum absolute atomic E-state index is 0.370. The van der Waals surface area contributed by atoms with Gasteiger partial charge in [-0.1, -0.05) is 19.1 Å². The second kappa shape index (κ2) is 8.60. The Bertz CT molecular complexity index is 972. The van der Waals surface area contributed by atoms with Crippen LogP contribution in [0.15, 0.2) is 30.6 Å². The van der Waals surface area contributed by atoms with Crippen molar-refractivity contribution in [3.8, 4) is 17.2 Å². The molecule has 148 valence electrons. The highest BCUT2D eigenvalue weighted by Crippen LogP contribution is 2.38. The topological polar surface area (TPSA) is 97.3 Å². The third-order valence-electron chi connectivity index (χ3n) is 4.42. The largest absolute Gasteiger partial charge is 0.493 e. The normalized spacial score (nSPS) is 11.3. The van der Waals surface area contributed by atoms with Crippen LogP contribution >= 0.6 is 0 Å². The number of imidazole rings is 1. The lowest BCUT2D eigenvalue weighted by Crippen LogP contribution is -2.05. The molecule has 3 rings (SSSR count). The fourth-order valence-electron chi connectivity index (χ4n) is 3.09. The number of benzene rings is 1. The zero-order valence-corrected chi connectivity index (χ0v) is 16.6. The molecule has 8 heteroatoms. The predicted octanol–water partition coefficient (Wildman–Crippen LogP) is 2.99. The van der Waals surface area contributed by atoms with E-state index in [1.807, 2.05) is 16.7 Å². The molecule has 0 spiro atoms. The molecule has 0 bridgehead atoms. The van der Waals surface area contributed by atoms with Gasteiger partial charge in [-0.15, -0.1) is 0 Å². The molecule has 0 saturated heterocycles. The van der Waals surface area contributed by atoms with Crippen LogP contribution in [-0.4, -0.2) is 40.8 Å². The molecule has 8 nitrogen and oxygen atoms in total. The quantitative estimate of drug-likeness (QED) is 0.597. The smallest absolute Gasteiger partial charge is 0.203 e. The monoisotopic (exact) mass is 383 g/mol. The molecule has 0 atom stereocenters. The molecule has 2 N–H and O–H groups in total. The van der Waals surface area contributed by atoms with Gasteiger partial charge in [0, 0.05) is 13.0 Å². The van der Waals surface area contributed by atoms with Crippen molar-refractivity contribution in [3.05, 3.63) is 42.0 Å². The van der Waals surface area contributed by atoms with Crippen LogP contribution in [0.5, 0.6) is 17.2 Å². The van der Waals surface area contributed by atoms with Crippen LogP contribution in [0, 0.1) is 0 Å². The first-order chi connectivity index (χ1) is 13.6. The van der Waals surface area contributed by atoms with E-state index in [0.29, 0.717) is 41.5 Å². The Morgan fingerprint density at radius 3 is 2.36 bits per heavy atom. The molecule has 0 unspecified atom stereocenters. The van der Waals surface area contributed by atoms with Crippen molar-refractivity contribution in [2.75, 3.05) is 27.1 Å². The first kappa shape index (κ1) is 19.5. The maximum atomic E-state index is 6.01. The summed E-state index contributed by atoms with van der Waals surface area (Å²) in [6, 6.07) is 3.84. The Kier molecular flexibility index (Phi) is 5.98. The number of nitrogens with two attached hydrogens (primary N) is 1.